The fourth-order valence-electron chi connectivity index (χ4n) is 3.40. The number of carbonyl (C=O) groups excluding carboxylic acids is 1. The smallest absolute Gasteiger partial charge is 0.150 e. The first-order valence-electron chi connectivity index (χ1n) is 9.67. The van der Waals surface area contributed by atoms with E-state index in [4.69, 9.17) is 4.74 Å². The van der Waals surface area contributed by atoms with Gasteiger partial charge < -0.3 is 4.74 Å². The van der Waals surface area contributed by atoms with Gasteiger partial charge in [0.1, 0.15) is 23.7 Å². The Morgan fingerprint density at radius 1 is 0.862 bits per heavy atom. The first kappa shape index (κ1) is 20.7. The van der Waals surface area contributed by atoms with E-state index in [1.54, 1.807) is 24.3 Å². The third-order valence-electron chi connectivity index (χ3n) is 5.14. The minimum Gasteiger partial charge on any atom is -0.494 e. The molecule has 1 atom stereocenters. The van der Waals surface area contributed by atoms with Gasteiger partial charge in [-0.25, -0.2) is 8.78 Å². The molecule has 0 saturated carbocycles. The first-order valence-corrected chi connectivity index (χ1v) is 9.67. The normalized spacial score (nSPS) is 11.9. The summed E-state index contributed by atoms with van der Waals surface area (Å²) in [5, 5.41) is 0. The van der Waals surface area contributed by atoms with Gasteiger partial charge in [-0.2, -0.15) is 0 Å². The molecule has 2 nitrogen and oxygen atoms in total. The van der Waals surface area contributed by atoms with Crippen LogP contribution in [0, 0.1) is 25.5 Å². The van der Waals surface area contributed by atoms with E-state index in [1.807, 2.05) is 26.0 Å². The molecule has 0 bridgehead atoms. The summed E-state index contributed by atoms with van der Waals surface area (Å²) >= 11 is 0. The molecule has 0 amide bonds. The van der Waals surface area contributed by atoms with Crippen LogP contribution in [-0.2, 0) is 0 Å². The summed E-state index contributed by atoms with van der Waals surface area (Å²) in [6.45, 7) is 4.55. The molecule has 0 aromatic heterocycles. The van der Waals surface area contributed by atoms with Crippen molar-refractivity contribution in [1.29, 1.82) is 0 Å². The molecule has 3 aromatic carbocycles. The summed E-state index contributed by atoms with van der Waals surface area (Å²) in [5.74, 6) is -0.573. The standard InChI is InChI=1S/C25H24F2O2/c1-17-5-8-20(12-18(17)2)25(21-13-22(26)15-23(27)14-21)4-3-11-29-24-9-6-19(16-28)7-10-24/h5-10,12-16,25H,3-4,11H2,1-2H3/t25-/m1/s1. The third kappa shape index (κ3) is 5.50. The fourth-order valence-corrected chi connectivity index (χ4v) is 3.40. The molecule has 0 heterocycles. The van der Waals surface area contributed by atoms with Gasteiger partial charge in [-0.1, -0.05) is 18.2 Å². The van der Waals surface area contributed by atoms with Gasteiger partial charge in [-0.3, -0.25) is 4.79 Å². The molecule has 0 aliphatic rings. The number of hydrogen-bond acceptors (Lipinski definition) is 2. The topological polar surface area (TPSA) is 26.3 Å². The van der Waals surface area contributed by atoms with Crippen LogP contribution >= 0.6 is 0 Å². The molecular formula is C25H24F2O2. The number of aldehydes is 1. The second kappa shape index (κ2) is 9.46. The van der Waals surface area contributed by atoms with Gasteiger partial charge in [0, 0.05) is 17.5 Å². The van der Waals surface area contributed by atoms with Crippen molar-refractivity contribution in [1.82, 2.24) is 0 Å². The Hall–Kier alpha value is -3.01. The SMILES string of the molecule is Cc1ccc([C@@H](CCCOc2ccc(C=O)cc2)c2cc(F)cc(F)c2)cc1C. The molecule has 0 aliphatic heterocycles. The highest BCUT2D eigenvalue weighted by Crippen LogP contribution is 2.31. The maximum absolute atomic E-state index is 13.8. The highest BCUT2D eigenvalue weighted by Gasteiger charge is 2.17. The Balaban J connectivity index is 1.74. The van der Waals surface area contributed by atoms with Gasteiger partial charge in [0.25, 0.3) is 0 Å². The van der Waals surface area contributed by atoms with Crippen molar-refractivity contribution in [2.45, 2.75) is 32.6 Å². The molecule has 0 saturated heterocycles. The van der Waals surface area contributed by atoms with Crippen LogP contribution in [0.3, 0.4) is 0 Å². The van der Waals surface area contributed by atoms with E-state index in [1.165, 1.54) is 17.7 Å². The van der Waals surface area contributed by atoms with Crippen molar-refractivity contribution in [3.63, 3.8) is 0 Å². The molecule has 3 aromatic rings. The van der Waals surface area contributed by atoms with Crippen LogP contribution in [0.15, 0.2) is 60.7 Å². The van der Waals surface area contributed by atoms with E-state index in [0.717, 1.165) is 23.5 Å². The summed E-state index contributed by atoms with van der Waals surface area (Å²) in [6, 6.07) is 16.8. The first-order chi connectivity index (χ1) is 14.0. The molecule has 0 spiro atoms. The van der Waals surface area contributed by atoms with Crippen molar-refractivity contribution < 1.29 is 18.3 Å². The Bertz CT molecular complexity index is 960. The van der Waals surface area contributed by atoms with Crippen molar-refractivity contribution in [2.24, 2.45) is 0 Å². The van der Waals surface area contributed by atoms with Gasteiger partial charge in [0.15, 0.2) is 0 Å². The van der Waals surface area contributed by atoms with Crippen molar-refractivity contribution in [3.05, 3.63) is 100 Å². The molecule has 29 heavy (non-hydrogen) atoms. The molecular weight excluding hydrogens is 370 g/mol. The van der Waals surface area contributed by atoms with Gasteiger partial charge in [-0.05, 0) is 85.3 Å². The van der Waals surface area contributed by atoms with Crippen molar-refractivity contribution in [3.8, 4) is 5.75 Å². The fraction of sp³-hybridized carbons (Fsp3) is 0.240. The van der Waals surface area contributed by atoms with Gasteiger partial charge in [0.05, 0.1) is 6.61 Å². The van der Waals surface area contributed by atoms with E-state index in [-0.39, 0.29) is 5.92 Å². The van der Waals surface area contributed by atoms with Crippen LogP contribution in [0.2, 0.25) is 0 Å². The Morgan fingerprint density at radius 2 is 1.55 bits per heavy atom. The molecule has 0 unspecified atom stereocenters. The van der Waals surface area contributed by atoms with Crippen LogP contribution in [0.25, 0.3) is 0 Å². The monoisotopic (exact) mass is 394 g/mol. The van der Waals surface area contributed by atoms with Crippen LogP contribution in [0.5, 0.6) is 5.75 Å². The second-order valence-corrected chi connectivity index (χ2v) is 7.28. The lowest BCUT2D eigenvalue weighted by molar-refractivity contribution is 0.112. The lowest BCUT2D eigenvalue weighted by Crippen LogP contribution is -2.06. The van der Waals surface area contributed by atoms with Crippen LogP contribution in [0.4, 0.5) is 8.78 Å². The number of carbonyl (C=O) groups is 1. The lowest BCUT2D eigenvalue weighted by Gasteiger charge is -2.20. The minimum atomic E-state index is -0.569. The quantitative estimate of drug-likeness (QED) is 0.327. The maximum atomic E-state index is 13.8. The summed E-state index contributed by atoms with van der Waals surface area (Å²) in [6.07, 6.45) is 2.19. The predicted octanol–water partition coefficient (Wildman–Crippen LogP) is 6.39. The van der Waals surface area contributed by atoms with Gasteiger partial charge in [0.2, 0.25) is 0 Å². The maximum Gasteiger partial charge on any atom is 0.150 e. The number of hydrogen-bond donors (Lipinski definition) is 0. The van der Waals surface area contributed by atoms with Crippen LogP contribution < -0.4 is 4.74 Å². The minimum absolute atomic E-state index is 0.125. The number of halogens is 2. The van der Waals surface area contributed by atoms with E-state index in [9.17, 15) is 13.6 Å². The summed E-state index contributed by atoms with van der Waals surface area (Å²) in [4.78, 5) is 10.7. The third-order valence-corrected chi connectivity index (χ3v) is 5.14. The van der Waals surface area contributed by atoms with E-state index < -0.39 is 11.6 Å². The van der Waals surface area contributed by atoms with Crippen LogP contribution in [-0.4, -0.2) is 12.9 Å². The molecule has 4 heteroatoms. The molecule has 0 aliphatic carbocycles. The van der Waals surface area contributed by atoms with Gasteiger partial charge in [-0.15, -0.1) is 0 Å². The number of ether oxygens (including phenoxy) is 1. The molecule has 150 valence electrons. The molecule has 3 rings (SSSR count). The number of benzene rings is 3. The zero-order valence-electron chi connectivity index (χ0n) is 16.6. The van der Waals surface area contributed by atoms with Crippen LogP contribution in [0.1, 0.15) is 51.4 Å². The Morgan fingerprint density at radius 3 is 2.17 bits per heavy atom. The summed E-state index contributed by atoms with van der Waals surface area (Å²) in [5.41, 5.74) is 4.59. The van der Waals surface area contributed by atoms with Crippen molar-refractivity contribution >= 4 is 6.29 Å². The van der Waals surface area contributed by atoms with E-state index in [2.05, 4.69) is 6.07 Å². The predicted molar refractivity (Wildman–Crippen MR) is 111 cm³/mol. The Kier molecular flexibility index (Phi) is 6.76. The highest BCUT2D eigenvalue weighted by atomic mass is 19.1. The molecule has 0 fully saturated rings. The highest BCUT2D eigenvalue weighted by molar-refractivity contribution is 5.74. The van der Waals surface area contributed by atoms with Gasteiger partial charge >= 0.3 is 0 Å². The average Bonchev–Trinajstić information content (AvgIpc) is 2.70. The molecule has 0 radical (unpaired) electrons. The zero-order chi connectivity index (χ0) is 20.8. The zero-order valence-corrected chi connectivity index (χ0v) is 16.6. The summed E-state index contributed by atoms with van der Waals surface area (Å²) < 4.78 is 33.4. The largest absolute Gasteiger partial charge is 0.494 e. The molecule has 0 N–H and O–H groups in total. The number of rotatable bonds is 8. The average molecular weight is 394 g/mol. The summed E-state index contributed by atoms with van der Waals surface area (Å²) in [7, 11) is 0. The van der Waals surface area contributed by atoms with E-state index in [0.29, 0.717) is 36.3 Å². The second-order valence-electron chi connectivity index (χ2n) is 7.28. The lowest BCUT2D eigenvalue weighted by atomic mass is 9.86. The van der Waals surface area contributed by atoms with Crippen molar-refractivity contribution in [2.75, 3.05) is 6.61 Å². The van der Waals surface area contributed by atoms with E-state index >= 15 is 0 Å². The Labute approximate surface area is 170 Å². The number of aryl methyl sites for hydroxylation is 2.